The average molecular weight is 434 g/mol. The van der Waals surface area contributed by atoms with Crippen molar-refractivity contribution in [1.82, 2.24) is 14.9 Å². The van der Waals surface area contributed by atoms with Crippen LogP contribution in [0.15, 0.2) is 12.4 Å². The summed E-state index contributed by atoms with van der Waals surface area (Å²) in [7, 11) is -0.519. The molecule has 2 atom stereocenters. The van der Waals surface area contributed by atoms with Crippen LogP contribution >= 0.6 is 0 Å². The Balaban J connectivity index is 1.73. The molecule has 0 saturated carbocycles. The van der Waals surface area contributed by atoms with Crippen LogP contribution in [0.3, 0.4) is 0 Å². The molecule has 2 aliphatic heterocycles. The molecule has 2 aliphatic rings. The van der Waals surface area contributed by atoms with Crippen LogP contribution in [0.2, 0.25) is 0 Å². The topological polar surface area (TPSA) is 108 Å². The number of amides is 1. The van der Waals surface area contributed by atoms with Gasteiger partial charge in [0, 0.05) is 43.0 Å². The lowest BCUT2D eigenvalue weighted by Crippen LogP contribution is -2.49. The zero-order valence-corrected chi connectivity index (χ0v) is 19.4. The molecule has 2 fully saturated rings. The van der Waals surface area contributed by atoms with Gasteiger partial charge in [-0.05, 0) is 54.4 Å². The Morgan fingerprint density at radius 3 is 2.35 bits per heavy atom. The van der Waals surface area contributed by atoms with E-state index in [4.69, 9.17) is 14.4 Å². The Morgan fingerprint density at radius 2 is 1.84 bits per heavy atom. The SMILES string of the molecule is CC(C)N(C[C@@H]1CCCN1C(=O)[C@H](O)CO)c1ncc(B2OC(C)(C)C(C)(C)O2)cn1. The van der Waals surface area contributed by atoms with Crippen LogP contribution in [-0.4, -0.2) is 87.2 Å². The van der Waals surface area contributed by atoms with Gasteiger partial charge in [-0.1, -0.05) is 0 Å². The normalized spacial score (nSPS) is 23.5. The summed E-state index contributed by atoms with van der Waals surface area (Å²) in [5.74, 6) is 0.142. The first-order valence-electron chi connectivity index (χ1n) is 11.0. The maximum Gasteiger partial charge on any atom is 0.498 e. The zero-order chi connectivity index (χ0) is 23.0. The van der Waals surface area contributed by atoms with E-state index >= 15 is 0 Å². The minimum atomic E-state index is -1.37. The molecule has 0 bridgehead atoms. The first kappa shape index (κ1) is 23.9. The van der Waals surface area contributed by atoms with Crippen molar-refractivity contribution >= 4 is 24.4 Å². The van der Waals surface area contributed by atoms with Crippen LogP contribution in [0.4, 0.5) is 5.95 Å². The third-order valence-electron chi connectivity index (χ3n) is 6.59. The van der Waals surface area contributed by atoms with Gasteiger partial charge >= 0.3 is 7.12 Å². The molecule has 10 heteroatoms. The van der Waals surface area contributed by atoms with Crippen molar-refractivity contribution in [2.75, 3.05) is 24.6 Å². The molecule has 31 heavy (non-hydrogen) atoms. The van der Waals surface area contributed by atoms with Crippen molar-refractivity contribution < 1.29 is 24.3 Å². The van der Waals surface area contributed by atoms with E-state index in [0.717, 1.165) is 18.3 Å². The summed E-state index contributed by atoms with van der Waals surface area (Å²) < 4.78 is 12.1. The summed E-state index contributed by atoms with van der Waals surface area (Å²) in [6.45, 7) is 12.7. The molecule has 0 unspecified atom stereocenters. The number of carbonyl (C=O) groups is 1. The first-order valence-corrected chi connectivity index (χ1v) is 11.0. The van der Waals surface area contributed by atoms with Gasteiger partial charge in [-0.2, -0.15) is 0 Å². The number of likely N-dealkylation sites (tertiary alicyclic amines) is 1. The molecule has 1 aromatic rings. The molecule has 172 valence electrons. The van der Waals surface area contributed by atoms with Crippen LogP contribution in [0.1, 0.15) is 54.4 Å². The van der Waals surface area contributed by atoms with Crippen LogP contribution < -0.4 is 10.4 Å². The lowest BCUT2D eigenvalue weighted by molar-refractivity contribution is -0.142. The predicted molar refractivity (Wildman–Crippen MR) is 118 cm³/mol. The third kappa shape index (κ3) is 4.87. The van der Waals surface area contributed by atoms with Gasteiger partial charge in [0.25, 0.3) is 5.91 Å². The van der Waals surface area contributed by atoms with Crippen molar-refractivity contribution in [3.63, 3.8) is 0 Å². The number of carbonyl (C=O) groups excluding carboxylic acids is 1. The van der Waals surface area contributed by atoms with Crippen LogP contribution in [0, 0.1) is 0 Å². The van der Waals surface area contributed by atoms with Gasteiger partial charge in [-0.25, -0.2) is 9.97 Å². The number of aliphatic hydroxyl groups is 2. The molecule has 0 spiro atoms. The van der Waals surface area contributed by atoms with E-state index in [9.17, 15) is 9.90 Å². The summed E-state index contributed by atoms with van der Waals surface area (Å²) >= 11 is 0. The molecule has 0 aromatic carbocycles. The summed E-state index contributed by atoms with van der Waals surface area (Å²) in [6, 6.07) is 0.0467. The largest absolute Gasteiger partial charge is 0.498 e. The quantitative estimate of drug-likeness (QED) is 0.592. The standard InChI is InChI=1S/C21H35BN4O5/c1-14(2)26(12-16-8-7-9-25(16)18(29)17(28)13-27)19-23-10-15(11-24-19)22-30-20(3,4)21(5,6)31-22/h10-11,14,16-17,27-28H,7-9,12-13H2,1-6H3/t16-,17+/m0/s1. The van der Waals surface area contributed by atoms with Crippen LogP contribution in [0.5, 0.6) is 0 Å². The van der Waals surface area contributed by atoms with Crippen LogP contribution in [0.25, 0.3) is 0 Å². The van der Waals surface area contributed by atoms with E-state index in [2.05, 4.69) is 28.7 Å². The fourth-order valence-electron chi connectivity index (χ4n) is 3.92. The fourth-order valence-corrected chi connectivity index (χ4v) is 3.92. The summed E-state index contributed by atoms with van der Waals surface area (Å²) in [5, 5.41) is 18.9. The lowest BCUT2D eigenvalue weighted by Gasteiger charge is -2.34. The Hall–Kier alpha value is -1.75. The van der Waals surface area contributed by atoms with Gasteiger partial charge in [0.2, 0.25) is 5.95 Å². The average Bonchev–Trinajstić information content (AvgIpc) is 3.26. The molecular weight excluding hydrogens is 399 g/mol. The van der Waals surface area contributed by atoms with Crippen molar-refractivity contribution in [2.45, 2.75) is 83.8 Å². The van der Waals surface area contributed by atoms with Gasteiger partial charge in [-0.3, -0.25) is 4.79 Å². The van der Waals surface area contributed by atoms with E-state index < -0.39 is 36.9 Å². The third-order valence-corrected chi connectivity index (χ3v) is 6.59. The molecule has 1 amide bonds. The second kappa shape index (κ2) is 9.01. The number of hydrogen-bond donors (Lipinski definition) is 2. The minimum Gasteiger partial charge on any atom is -0.399 e. The van der Waals surface area contributed by atoms with E-state index in [1.54, 1.807) is 17.3 Å². The smallest absolute Gasteiger partial charge is 0.399 e. The highest BCUT2D eigenvalue weighted by Gasteiger charge is 2.52. The second-order valence-electron chi connectivity index (χ2n) is 9.68. The van der Waals surface area contributed by atoms with Crippen molar-refractivity contribution in [2.24, 2.45) is 0 Å². The van der Waals surface area contributed by atoms with Gasteiger partial charge in [0.1, 0.15) is 0 Å². The number of hydrogen-bond acceptors (Lipinski definition) is 8. The molecule has 2 N–H and O–H groups in total. The Kier molecular flexibility index (Phi) is 6.95. The number of nitrogens with zero attached hydrogens (tertiary/aromatic N) is 4. The van der Waals surface area contributed by atoms with Gasteiger partial charge in [0.05, 0.1) is 17.8 Å². The van der Waals surface area contributed by atoms with Crippen molar-refractivity contribution in [3.05, 3.63) is 12.4 Å². The highest BCUT2D eigenvalue weighted by Crippen LogP contribution is 2.36. The number of anilines is 1. The van der Waals surface area contributed by atoms with E-state index in [-0.39, 0.29) is 12.1 Å². The highest BCUT2D eigenvalue weighted by molar-refractivity contribution is 6.61. The molecule has 2 saturated heterocycles. The summed E-state index contributed by atoms with van der Waals surface area (Å²) in [6.07, 6.45) is 3.78. The monoisotopic (exact) mass is 434 g/mol. The first-order chi connectivity index (χ1) is 14.5. The zero-order valence-electron chi connectivity index (χ0n) is 19.4. The second-order valence-corrected chi connectivity index (χ2v) is 9.68. The van der Waals surface area contributed by atoms with Crippen molar-refractivity contribution in [1.29, 1.82) is 0 Å². The van der Waals surface area contributed by atoms with Gasteiger partial charge in [-0.15, -0.1) is 0 Å². The van der Waals surface area contributed by atoms with E-state index in [1.807, 2.05) is 27.7 Å². The molecule has 0 aliphatic carbocycles. The number of aromatic nitrogens is 2. The minimum absolute atomic E-state index is 0.0672. The summed E-state index contributed by atoms with van der Waals surface area (Å²) in [5.41, 5.74) is -0.106. The Bertz CT molecular complexity index is 758. The fraction of sp³-hybridized carbons (Fsp3) is 0.762. The molecular formula is C21H35BN4O5. The van der Waals surface area contributed by atoms with E-state index in [0.29, 0.717) is 19.0 Å². The van der Waals surface area contributed by atoms with Gasteiger partial charge in [0.15, 0.2) is 6.10 Å². The number of aliphatic hydroxyl groups excluding tert-OH is 2. The Morgan fingerprint density at radius 1 is 1.26 bits per heavy atom. The molecule has 1 aromatic heterocycles. The highest BCUT2D eigenvalue weighted by atomic mass is 16.7. The van der Waals surface area contributed by atoms with Crippen LogP contribution in [-0.2, 0) is 14.1 Å². The maximum atomic E-state index is 12.4. The lowest BCUT2D eigenvalue weighted by atomic mass is 9.81. The maximum absolute atomic E-state index is 12.4. The van der Waals surface area contributed by atoms with Gasteiger partial charge < -0.3 is 29.3 Å². The summed E-state index contributed by atoms with van der Waals surface area (Å²) in [4.78, 5) is 25.3. The van der Waals surface area contributed by atoms with Crippen molar-refractivity contribution in [3.8, 4) is 0 Å². The van der Waals surface area contributed by atoms with E-state index in [1.165, 1.54) is 0 Å². The Labute approximate surface area is 184 Å². The molecule has 0 radical (unpaired) electrons. The predicted octanol–water partition coefficient (Wildman–Crippen LogP) is 0.335. The molecule has 3 rings (SSSR count). The molecule has 9 nitrogen and oxygen atoms in total. The number of rotatable bonds is 7. The molecule has 3 heterocycles.